The average Bonchev–Trinajstić information content (AvgIpc) is 2.25. The van der Waals surface area contributed by atoms with Gasteiger partial charge in [0, 0.05) is 12.7 Å². The Labute approximate surface area is 99.6 Å². The normalized spacial score (nSPS) is 10.6. The number of aromatic nitrogens is 1. The fraction of sp³-hybridized carbons (Fsp3) is 0.300. The Kier molecular flexibility index (Phi) is 4.71. The van der Waals surface area contributed by atoms with Crippen LogP contribution in [0.4, 0.5) is 0 Å². The second kappa shape index (κ2) is 5.82. The van der Waals surface area contributed by atoms with Crippen LogP contribution in [-0.4, -0.2) is 33.8 Å². The van der Waals surface area contributed by atoms with Crippen molar-refractivity contribution in [1.82, 2.24) is 9.99 Å². The van der Waals surface area contributed by atoms with Crippen molar-refractivity contribution in [2.75, 3.05) is 13.3 Å². The van der Waals surface area contributed by atoms with Gasteiger partial charge in [-0.05, 0) is 25.3 Å². The van der Waals surface area contributed by atoms with Crippen LogP contribution in [0, 0.1) is 6.92 Å². The number of nitrogens with zero attached hydrogens (tertiary/aromatic N) is 3. The van der Waals surface area contributed by atoms with Crippen molar-refractivity contribution >= 4 is 34.5 Å². The quantitative estimate of drug-likeness (QED) is 0.450. The van der Waals surface area contributed by atoms with Crippen LogP contribution in [0.2, 0.25) is 0 Å². The fourth-order valence-corrected chi connectivity index (χ4v) is 1.32. The van der Waals surface area contributed by atoms with Crippen molar-refractivity contribution < 1.29 is 0 Å². The van der Waals surface area contributed by atoms with E-state index in [1.807, 2.05) is 38.4 Å². The summed E-state index contributed by atoms with van der Waals surface area (Å²) in [5.74, 6) is 0. The van der Waals surface area contributed by atoms with Gasteiger partial charge in [-0.2, -0.15) is 5.10 Å². The van der Waals surface area contributed by atoms with E-state index in [4.69, 9.17) is 12.2 Å². The summed E-state index contributed by atoms with van der Waals surface area (Å²) in [7, 11) is 1.82. The van der Waals surface area contributed by atoms with Crippen LogP contribution < -0.4 is 0 Å². The zero-order chi connectivity index (χ0) is 11.3. The Morgan fingerprint density at radius 2 is 2.33 bits per heavy atom. The van der Waals surface area contributed by atoms with E-state index < -0.39 is 0 Å². The van der Waals surface area contributed by atoms with Gasteiger partial charge in [-0.3, -0.25) is 9.99 Å². The summed E-state index contributed by atoms with van der Waals surface area (Å²) in [6.45, 7) is 1.95. The van der Waals surface area contributed by atoms with Crippen LogP contribution in [0.3, 0.4) is 0 Å². The Balaban J connectivity index is 2.69. The van der Waals surface area contributed by atoms with Gasteiger partial charge in [-0.25, -0.2) is 0 Å². The highest BCUT2D eigenvalue weighted by Crippen LogP contribution is 2.03. The molecule has 0 aromatic carbocycles. The van der Waals surface area contributed by atoms with Crippen molar-refractivity contribution in [2.45, 2.75) is 6.92 Å². The zero-order valence-corrected chi connectivity index (χ0v) is 10.6. The minimum absolute atomic E-state index is 0.735. The highest BCUT2D eigenvalue weighted by Gasteiger charge is 1.98. The molecule has 0 radical (unpaired) electrons. The van der Waals surface area contributed by atoms with E-state index in [0.29, 0.717) is 0 Å². The van der Waals surface area contributed by atoms with Crippen LogP contribution in [0.1, 0.15) is 11.4 Å². The molecule has 0 atom stereocenters. The lowest BCUT2D eigenvalue weighted by Gasteiger charge is -2.10. The Bertz CT molecular complexity index is 377. The second-order valence-corrected chi connectivity index (χ2v) is 4.38. The lowest BCUT2D eigenvalue weighted by molar-refractivity contribution is 0.568. The molecule has 0 N–H and O–H groups in total. The summed E-state index contributed by atoms with van der Waals surface area (Å²) >= 11 is 6.57. The van der Waals surface area contributed by atoms with Gasteiger partial charge >= 0.3 is 0 Å². The van der Waals surface area contributed by atoms with Crippen molar-refractivity contribution in [3.63, 3.8) is 0 Å². The van der Waals surface area contributed by atoms with E-state index >= 15 is 0 Å². The molecule has 0 bridgehead atoms. The van der Waals surface area contributed by atoms with Crippen LogP contribution in [0.5, 0.6) is 0 Å². The Hall–Kier alpha value is -0.940. The van der Waals surface area contributed by atoms with Gasteiger partial charge in [-0.15, -0.1) is 0 Å². The molecule has 15 heavy (non-hydrogen) atoms. The number of rotatable bonds is 2. The molecule has 1 rings (SSSR count). The number of hydrogen-bond acceptors (Lipinski definition) is 4. The number of pyridine rings is 1. The van der Waals surface area contributed by atoms with Gasteiger partial charge in [0.1, 0.15) is 0 Å². The number of hydrazone groups is 1. The smallest absolute Gasteiger partial charge is 0.156 e. The third-order valence-corrected chi connectivity index (χ3v) is 3.09. The largest absolute Gasteiger partial charge is 0.252 e. The van der Waals surface area contributed by atoms with E-state index in [-0.39, 0.29) is 0 Å². The molecular weight excluding hydrogens is 226 g/mol. The van der Waals surface area contributed by atoms with Crippen LogP contribution >= 0.6 is 24.0 Å². The monoisotopic (exact) mass is 239 g/mol. The predicted octanol–water partition coefficient (Wildman–Crippen LogP) is 2.30. The molecule has 0 saturated carbocycles. The first-order chi connectivity index (χ1) is 7.13. The van der Waals surface area contributed by atoms with E-state index in [1.165, 1.54) is 11.8 Å². The third kappa shape index (κ3) is 3.97. The molecule has 1 heterocycles. The minimum atomic E-state index is 0.735. The van der Waals surface area contributed by atoms with Crippen molar-refractivity contribution in [2.24, 2.45) is 5.10 Å². The maximum absolute atomic E-state index is 5.07. The Morgan fingerprint density at radius 3 is 2.93 bits per heavy atom. The molecule has 3 nitrogen and oxygen atoms in total. The fourth-order valence-electron chi connectivity index (χ4n) is 0.961. The van der Waals surface area contributed by atoms with Gasteiger partial charge in [0.05, 0.1) is 11.9 Å². The lowest BCUT2D eigenvalue weighted by atomic mass is 10.3. The maximum atomic E-state index is 5.07. The number of thioether (sulfide) groups is 1. The molecule has 0 aliphatic carbocycles. The molecule has 0 saturated heterocycles. The number of aryl methyl sites for hydroxylation is 1. The highest BCUT2D eigenvalue weighted by molar-refractivity contribution is 8.22. The van der Waals surface area contributed by atoms with Crippen LogP contribution in [0.15, 0.2) is 23.3 Å². The zero-order valence-electron chi connectivity index (χ0n) is 8.97. The van der Waals surface area contributed by atoms with E-state index in [9.17, 15) is 0 Å². The predicted molar refractivity (Wildman–Crippen MR) is 70.4 cm³/mol. The molecule has 80 valence electrons. The number of hydrogen-bond donors (Lipinski definition) is 0. The van der Waals surface area contributed by atoms with Crippen molar-refractivity contribution in [3.05, 3.63) is 29.6 Å². The molecule has 5 heteroatoms. The minimum Gasteiger partial charge on any atom is -0.252 e. The molecule has 0 unspecified atom stereocenters. The second-order valence-electron chi connectivity index (χ2n) is 2.94. The van der Waals surface area contributed by atoms with E-state index in [1.54, 1.807) is 11.2 Å². The first kappa shape index (κ1) is 12.1. The summed E-state index contributed by atoms with van der Waals surface area (Å²) in [4.78, 5) is 4.30. The average molecular weight is 239 g/mol. The summed E-state index contributed by atoms with van der Waals surface area (Å²) < 4.78 is 0.735. The van der Waals surface area contributed by atoms with Crippen molar-refractivity contribution in [1.29, 1.82) is 0 Å². The summed E-state index contributed by atoms with van der Waals surface area (Å²) in [5, 5.41) is 5.85. The first-order valence-corrected chi connectivity index (χ1v) is 6.06. The SMILES string of the molecule is CSC(=S)N(C)N=Cc1cccc(C)n1. The van der Waals surface area contributed by atoms with Gasteiger partial charge in [-0.1, -0.05) is 30.0 Å². The van der Waals surface area contributed by atoms with Gasteiger partial charge in [0.2, 0.25) is 0 Å². The molecule has 0 aliphatic heterocycles. The van der Waals surface area contributed by atoms with Gasteiger partial charge in [0.15, 0.2) is 4.32 Å². The molecule has 0 spiro atoms. The topological polar surface area (TPSA) is 28.5 Å². The lowest BCUT2D eigenvalue weighted by Crippen LogP contribution is -2.15. The molecule has 0 fully saturated rings. The summed E-state index contributed by atoms with van der Waals surface area (Å²) in [5.41, 5.74) is 1.82. The van der Waals surface area contributed by atoms with E-state index in [2.05, 4.69) is 10.1 Å². The standard InChI is InChI=1S/C10H13N3S2/c1-8-5-4-6-9(12-8)7-11-13(2)10(14)15-3/h4-7H,1-3H3. The third-order valence-electron chi connectivity index (χ3n) is 1.71. The number of thiocarbonyl (C=S) groups is 1. The van der Waals surface area contributed by atoms with Gasteiger partial charge < -0.3 is 0 Å². The maximum Gasteiger partial charge on any atom is 0.156 e. The van der Waals surface area contributed by atoms with Gasteiger partial charge in [0.25, 0.3) is 0 Å². The van der Waals surface area contributed by atoms with E-state index in [0.717, 1.165) is 15.7 Å². The Morgan fingerprint density at radius 1 is 1.60 bits per heavy atom. The van der Waals surface area contributed by atoms with Crippen LogP contribution in [0.25, 0.3) is 0 Å². The summed E-state index contributed by atoms with van der Waals surface area (Å²) in [6, 6.07) is 5.82. The van der Waals surface area contributed by atoms with Crippen molar-refractivity contribution in [3.8, 4) is 0 Å². The molecule has 0 aliphatic rings. The first-order valence-electron chi connectivity index (χ1n) is 4.43. The molecule has 1 aromatic heterocycles. The molecule has 1 aromatic rings. The van der Waals surface area contributed by atoms with Crippen LogP contribution in [-0.2, 0) is 0 Å². The summed E-state index contributed by atoms with van der Waals surface area (Å²) in [6.07, 6.45) is 3.63. The molecular formula is C10H13N3S2. The highest BCUT2D eigenvalue weighted by atomic mass is 32.2. The molecule has 0 amide bonds.